The monoisotopic (exact) mass is 720 g/mol. The van der Waals surface area contributed by atoms with E-state index in [1.165, 1.54) is 49.3 Å². The van der Waals surface area contributed by atoms with Gasteiger partial charge in [-0.25, -0.2) is 8.42 Å². The zero-order valence-corrected chi connectivity index (χ0v) is 30.2. The Morgan fingerprint density at radius 3 is 2.30 bits per heavy atom. The molecule has 0 fully saturated rings. The number of hydrogen-bond donors (Lipinski definition) is 1. The van der Waals surface area contributed by atoms with E-state index in [1.54, 1.807) is 0 Å². The Morgan fingerprint density at radius 1 is 0.960 bits per heavy atom. The van der Waals surface area contributed by atoms with Gasteiger partial charge in [0, 0.05) is 35.7 Å². The lowest BCUT2D eigenvalue weighted by Crippen LogP contribution is -2.54. The summed E-state index contributed by atoms with van der Waals surface area (Å²) in [6, 6.07) is 23.3. The summed E-state index contributed by atoms with van der Waals surface area (Å²) in [4.78, 5) is 40.9. The van der Waals surface area contributed by atoms with Crippen molar-refractivity contribution < 1.29 is 27.7 Å². The molecular weight excluding hydrogens is 680 g/mol. The quantitative estimate of drug-likeness (QED) is 0.108. The molecule has 0 aliphatic rings. The van der Waals surface area contributed by atoms with Crippen LogP contribution in [-0.2, 0) is 32.6 Å². The average Bonchev–Trinajstić information content (AvgIpc) is 3.08. The number of sulfonamides is 1. The highest BCUT2D eigenvalue weighted by Gasteiger charge is 2.36. The Kier molecular flexibility index (Phi) is 12.6. The first-order valence-electron chi connectivity index (χ1n) is 16.1. The minimum atomic E-state index is -4.67. The first-order valence-corrected chi connectivity index (χ1v) is 17.9. The van der Waals surface area contributed by atoms with Crippen molar-refractivity contribution in [3.8, 4) is 5.75 Å². The zero-order chi connectivity index (χ0) is 36.6. The highest BCUT2D eigenvalue weighted by atomic mass is 35.5. The first-order chi connectivity index (χ1) is 23.7. The Labute approximate surface area is 298 Å². The standard InChI is InChI=1S/C37H41ClN4O7S/c1-6-27(4)39-37(44)34(20-28-12-8-7-9-13-28)40(23-29-14-10-11-25(2)19-29)36(43)24-41(33-21-30(38)16-18-35(33)49-5)50(47,48)31-17-15-26(3)32(22-31)42(45)46/h7-19,21-22,27,34H,6,20,23-24H2,1-5H3,(H,39,44)/t27-,34-/m0/s1. The first kappa shape index (κ1) is 37.9. The predicted octanol–water partition coefficient (Wildman–Crippen LogP) is 6.62. The molecule has 4 aromatic rings. The van der Waals surface area contributed by atoms with Crippen LogP contribution in [0.3, 0.4) is 0 Å². The molecule has 2 atom stereocenters. The maximum absolute atomic E-state index is 14.8. The van der Waals surface area contributed by atoms with Gasteiger partial charge in [0.05, 0.1) is 22.6 Å². The van der Waals surface area contributed by atoms with Gasteiger partial charge in [-0.3, -0.25) is 24.0 Å². The van der Waals surface area contributed by atoms with E-state index in [2.05, 4.69) is 5.32 Å². The van der Waals surface area contributed by atoms with Crippen LogP contribution in [0.2, 0.25) is 5.02 Å². The summed E-state index contributed by atoms with van der Waals surface area (Å²) in [6.07, 6.45) is 0.803. The number of benzene rings is 4. The number of ether oxygens (including phenoxy) is 1. The third-order valence-electron chi connectivity index (χ3n) is 8.36. The van der Waals surface area contributed by atoms with Crippen molar-refractivity contribution in [2.45, 2.75) is 64.1 Å². The summed E-state index contributed by atoms with van der Waals surface area (Å²) in [5, 5.41) is 15.0. The second kappa shape index (κ2) is 16.6. The summed E-state index contributed by atoms with van der Waals surface area (Å²) < 4.78 is 35.3. The highest BCUT2D eigenvalue weighted by molar-refractivity contribution is 7.92. The van der Waals surface area contributed by atoms with Gasteiger partial charge in [-0.15, -0.1) is 0 Å². The molecule has 11 nitrogen and oxygen atoms in total. The molecule has 0 aliphatic heterocycles. The summed E-state index contributed by atoms with van der Waals surface area (Å²) in [7, 11) is -3.33. The Bertz CT molecular complexity index is 1960. The lowest BCUT2D eigenvalue weighted by atomic mass is 10.0. The molecule has 50 heavy (non-hydrogen) atoms. The van der Waals surface area contributed by atoms with Gasteiger partial charge in [-0.05, 0) is 62.6 Å². The van der Waals surface area contributed by atoms with Crippen LogP contribution in [0.25, 0.3) is 0 Å². The summed E-state index contributed by atoms with van der Waals surface area (Å²) in [5.41, 5.74) is 2.27. The van der Waals surface area contributed by atoms with Crippen LogP contribution >= 0.6 is 11.6 Å². The van der Waals surface area contributed by atoms with Crippen LogP contribution < -0.4 is 14.4 Å². The van der Waals surface area contributed by atoms with Crippen molar-refractivity contribution >= 4 is 44.8 Å². The topological polar surface area (TPSA) is 139 Å². The van der Waals surface area contributed by atoms with Gasteiger partial charge < -0.3 is 15.0 Å². The van der Waals surface area contributed by atoms with E-state index >= 15 is 0 Å². The number of carbonyl (C=O) groups excluding carboxylic acids is 2. The third-order valence-corrected chi connectivity index (χ3v) is 10.4. The molecule has 4 aromatic carbocycles. The molecular formula is C37H41ClN4O7S. The number of methoxy groups -OCH3 is 1. The van der Waals surface area contributed by atoms with Crippen LogP contribution in [0.5, 0.6) is 5.75 Å². The minimum absolute atomic E-state index is 0.0114. The Balaban J connectivity index is 1.90. The number of amides is 2. The van der Waals surface area contributed by atoms with Crippen LogP contribution in [0, 0.1) is 24.0 Å². The van der Waals surface area contributed by atoms with Crippen molar-refractivity contribution in [1.82, 2.24) is 10.2 Å². The van der Waals surface area contributed by atoms with Crippen LogP contribution in [0.4, 0.5) is 11.4 Å². The summed E-state index contributed by atoms with van der Waals surface area (Å²) in [6.45, 7) is 6.41. The van der Waals surface area contributed by atoms with Crippen molar-refractivity contribution in [2.24, 2.45) is 0 Å². The summed E-state index contributed by atoms with van der Waals surface area (Å²) in [5.74, 6) is -1.000. The van der Waals surface area contributed by atoms with Crippen LogP contribution in [0.15, 0.2) is 95.9 Å². The number of nitrogens with one attached hydrogen (secondary N) is 1. The van der Waals surface area contributed by atoms with E-state index in [0.717, 1.165) is 27.1 Å². The van der Waals surface area contributed by atoms with E-state index in [9.17, 15) is 28.1 Å². The molecule has 2 amide bonds. The van der Waals surface area contributed by atoms with E-state index < -0.39 is 49.9 Å². The molecule has 13 heteroatoms. The van der Waals surface area contributed by atoms with Gasteiger partial charge in [0.1, 0.15) is 18.3 Å². The number of nitro groups is 1. The van der Waals surface area contributed by atoms with Crippen molar-refractivity contribution in [3.05, 3.63) is 128 Å². The van der Waals surface area contributed by atoms with Gasteiger partial charge in [-0.1, -0.05) is 84.8 Å². The second-order valence-electron chi connectivity index (χ2n) is 12.1. The van der Waals surface area contributed by atoms with Gasteiger partial charge in [0.25, 0.3) is 15.7 Å². The lowest BCUT2D eigenvalue weighted by Gasteiger charge is -2.34. The maximum Gasteiger partial charge on any atom is 0.273 e. The van der Waals surface area contributed by atoms with E-state index in [0.29, 0.717) is 6.42 Å². The minimum Gasteiger partial charge on any atom is -0.495 e. The van der Waals surface area contributed by atoms with E-state index in [4.69, 9.17) is 16.3 Å². The fourth-order valence-corrected chi connectivity index (χ4v) is 7.05. The number of rotatable bonds is 15. The number of carbonyl (C=O) groups is 2. The Morgan fingerprint density at radius 2 is 1.66 bits per heavy atom. The molecule has 0 aromatic heterocycles. The van der Waals surface area contributed by atoms with Crippen LogP contribution in [0.1, 0.15) is 42.5 Å². The number of nitro benzene ring substituents is 1. The van der Waals surface area contributed by atoms with E-state index in [-0.39, 0.29) is 41.0 Å². The molecule has 0 aliphatic carbocycles. The molecule has 4 rings (SSSR count). The SMILES string of the molecule is CC[C@H](C)NC(=O)[C@H](Cc1ccccc1)N(Cc1cccc(C)c1)C(=O)CN(c1cc(Cl)ccc1OC)S(=O)(=O)c1ccc(C)c([N+](=O)[O-])c1. The van der Waals surface area contributed by atoms with Crippen molar-refractivity contribution in [1.29, 1.82) is 0 Å². The predicted molar refractivity (Wildman–Crippen MR) is 194 cm³/mol. The number of aryl methyl sites for hydroxylation is 2. The molecule has 1 N–H and O–H groups in total. The molecule has 0 bridgehead atoms. The normalized spacial score (nSPS) is 12.4. The highest BCUT2D eigenvalue weighted by Crippen LogP contribution is 2.36. The number of nitrogens with zero attached hydrogens (tertiary/aromatic N) is 3. The number of anilines is 1. The smallest absolute Gasteiger partial charge is 0.273 e. The van der Waals surface area contributed by atoms with Crippen molar-refractivity contribution in [3.63, 3.8) is 0 Å². The lowest BCUT2D eigenvalue weighted by molar-refractivity contribution is -0.385. The number of hydrogen-bond acceptors (Lipinski definition) is 7. The molecule has 264 valence electrons. The van der Waals surface area contributed by atoms with E-state index in [1.807, 2.05) is 75.4 Å². The van der Waals surface area contributed by atoms with Gasteiger partial charge in [-0.2, -0.15) is 0 Å². The fourth-order valence-electron chi connectivity index (χ4n) is 5.45. The van der Waals surface area contributed by atoms with Gasteiger partial charge >= 0.3 is 0 Å². The fraction of sp³-hybridized carbons (Fsp3) is 0.297. The van der Waals surface area contributed by atoms with Crippen molar-refractivity contribution in [2.75, 3.05) is 18.0 Å². The zero-order valence-electron chi connectivity index (χ0n) is 28.6. The molecule has 0 radical (unpaired) electrons. The number of halogens is 1. The largest absolute Gasteiger partial charge is 0.495 e. The molecule has 0 unspecified atom stereocenters. The van der Waals surface area contributed by atoms with Gasteiger partial charge in [0.2, 0.25) is 11.8 Å². The average molecular weight is 721 g/mol. The van der Waals surface area contributed by atoms with Crippen LogP contribution in [-0.4, -0.2) is 55.8 Å². The molecule has 0 saturated carbocycles. The van der Waals surface area contributed by atoms with Gasteiger partial charge in [0.15, 0.2) is 0 Å². The maximum atomic E-state index is 14.8. The summed E-state index contributed by atoms with van der Waals surface area (Å²) >= 11 is 6.35. The Hall–Kier alpha value is -4.94. The molecule has 0 heterocycles. The molecule has 0 spiro atoms. The molecule has 0 saturated heterocycles. The third kappa shape index (κ3) is 9.19. The second-order valence-corrected chi connectivity index (χ2v) is 14.4.